The van der Waals surface area contributed by atoms with Gasteiger partial charge in [0, 0.05) is 37.1 Å². The Morgan fingerprint density at radius 2 is 2.16 bits per heavy atom. The van der Waals surface area contributed by atoms with Crippen LogP contribution in [0, 0.1) is 0 Å². The standard InChI is InChI=1S/C24H29N3O4/c1-24(2,3)31-23(28)27-10-5-11-29-19(15-27)16-30-22-13-18(17-7-9-25-14-17)12-21-20(22)6-4-8-26-21/h4,6-9,12-14,19,25H,5,10-11,15-16H2,1-3H3/t19-/m0/s1. The molecule has 1 N–H and O–H groups in total. The SMILES string of the molecule is CC(C)(C)OC(=O)N1CCCO[C@H](COc2cc(-c3cc[nH]c3)cc3ncccc23)C1. The number of carbonyl (C=O) groups excluding carboxylic acids is 1. The van der Waals surface area contributed by atoms with E-state index < -0.39 is 5.60 Å². The van der Waals surface area contributed by atoms with Gasteiger partial charge in [0.15, 0.2) is 0 Å². The fourth-order valence-corrected chi connectivity index (χ4v) is 3.61. The summed E-state index contributed by atoms with van der Waals surface area (Å²) < 4.78 is 17.7. The van der Waals surface area contributed by atoms with Gasteiger partial charge in [0.05, 0.1) is 12.1 Å². The van der Waals surface area contributed by atoms with Gasteiger partial charge in [-0.15, -0.1) is 0 Å². The molecule has 2 aromatic heterocycles. The predicted molar refractivity (Wildman–Crippen MR) is 119 cm³/mol. The molecule has 7 nitrogen and oxygen atoms in total. The minimum absolute atomic E-state index is 0.238. The molecule has 7 heteroatoms. The van der Waals surface area contributed by atoms with Crippen LogP contribution in [0.4, 0.5) is 4.79 Å². The van der Waals surface area contributed by atoms with Gasteiger partial charge in [-0.1, -0.05) is 0 Å². The van der Waals surface area contributed by atoms with Gasteiger partial charge < -0.3 is 24.1 Å². The second kappa shape index (κ2) is 8.98. The summed E-state index contributed by atoms with van der Waals surface area (Å²) in [4.78, 5) is 21.8. The van der Waals surface area contributed by atoms with E-state index in [4.69, 9.17) is 14.2 Å². The van der Waals surface area contributed by atoms with Crippen molar-refractivity contribution in [3.63, 3.8) is 0 Å². The summed E-state index contributed by atoms with van der Waals surface area (Å²) in [5, 5.41) is 0.944. The molecule has 4 rings (SSSR count). The number of hydrogen-bond donors (Lipinski definition) is 1. The lowest BCUT2D eigenvalue weighted by molar-refractivity contribution is 0.00304. The molecule has 1 aliphatic heterocycles. The Balaban J connectivity index is 1.51. The lowest BCUT2D eigenvalue weighted by Crippen LogP contribution is -2.42. The smallest absolute Gasteiger partial charge is 0.410 e. The van der Waals surface area contributed by atoms with E-state index in [1.54, 1.807) is 11.1 Å². The number of H-pyrrole nitrogens is 1. The third-order valence-electron chi connectivity index (χ3n) is 5.04. The molecule has 0 saturated carbocycles. The third-order valence-corrected chi connectivity index (χ3v) is 5.04. The molecule has 1 atom stereocenters. The van der Waals surface area contributed by atoms with E-state index in [-0.39, 0.29) is 12.2 Å². The van der Waals surface area contributed by atoms with Crippen LogP contribution in [0.3, 0.4) is 0 Å². The average molecular weight is 424 g/mol. The zero-order valence-electron chi connectivity index (χ0n) is 18.3. The quantitative estimate of drug-likeness (QED) is 0.662. The fourth-order valence-electron chi connectivity index (χ4n) is 3.61. The second-order valence-corrected chi connectivity index (χ2v) is 8.73. The Bertz CT molecular complexity index is 1030. The predicted octanol–water partition coefficient (Wildman–Crippen LogP) is 4.63. The topological polar surface area (TPSA) is 76.7 Å². The van der Waals surface area contributed by atoms with Gasteiger partial charge in [-0.25, -0.2) is 4.79 Å². The summed E-state index contributed by atoms with van der Waals surface area (Å²) in [6.45, 7) is 7.58. The maximum Gasteiger partial charge on any atom is 0.410 e. The Morgan fingerprint density at radius 1 is 1.29 bits per heavy atom. The first-order chi connectivity index (χ1) is 14.9. The number of aromatic nitrogens is 2. The van der Waals surface area contributed by atoms with Crippen molar-refractivity contribution < 1.29 is 19.0 Å². The number of fused-ring (bicyclic) bond motifs is 1. The first kappa shape index (κ1) is 21.2. The molecule has 3 aromatic rings. The van der Waals surface area contributed by atoms with Crippen molar-refractivity contribution in [3.05, 3.63) is 48.9 Å². The highest BCUT2D eigenvalue weighted by molar-refractivity contribution is 5.89. The van der Waals surface area contributed by atoms with Crippen molar-refractivity contribution in [3.8, 4) is 16.9 Å². The minimum atomic E-state index is -0.527. The van der Waals surface area contributed by atoms with Crippen LogP contribution in [0.1, 0.15) is 27.2 Å². The van der Waals surface area contributed by atoms with Crippen LogP contribution in [-0.4, -0.2) is 59.0 Å². The normalized spacial score (nSPS) is 17.4. The summed E-state index contributed by atoms with van der Waals surface area (Å²) in [6.07, 6.45) is 5.83. The molecule has 1 saturated heterocycles. The van der Waals surface area contributed by atoms with Crippen LogP contribution in [0.5, 0.6) is 5.75 Å². The third kappa shape index (κ3) is 5.35. The van der Waals surface area contributed by atoms with Gasteiger partial charge in [0.2, 0.25) is 0 Å². The molecule has 0 radical (unpaired) electrons. The van der Waals surface area contributed by atoms with E-state index in [2.05, 4.69) is 16.0 Å². The second-order valence-electron chi connectivity index (χ2n) is 8.73. The van der Waals surface area contributed by atoms with Crippen LogP contribution < -0.4 is 4.74 Å². The van der Waals surface area contributed by atoms with Gasteiger partial charge >= 0.3 is 6.09 Å². The molecule has 0 unspecified atom stereocenters. The monoisotopic (exact) mass is 423 g/mol. The van der Waals surface area contributed by atoms with Gasteiger partial charge in [0.1, 0.15) is 24.1 Å². The van der Waals surface area contributed by atoms with E-state index in [1.807, 2.05) is 57.4 Å². The van der Waals surface area contributed by atoms with Crippen LogP contribution in [0.15, 0.2) is 48.9 Å². The van der Waals surface area contributed by atoms with Crippen molar-refractivity contribution in [2.45, 2.75) is 38.9 Å². The highest BCUT2D eigenvalue weighted by Crippen LogP contribution is 2.31. The zero-order valence-corrected chi connectivity index (χ0v) is 18.3. The first-order valence-electron chi connectivity index (χ1n) is 10.6. The number of aromatic amines is 1. The van der Waals surface area contributed by atoms with Crippen molar-refractivity contribution in [1.82, 2.24) is 14.9 Å². The maximum absolute atomic E-state index is 12.5. The van der Waals surface area contributed by atoms with Crippen molar-refractivity contribution in [2.24, 2.45) is 0 Å². The molecule has 1 fully saturated rings. The van der Waals surface area contributed by atoms with E-state index in [9.17, 15) is 4.79 Å². The molecule has 1 amide bonds. The van der Waals surface area contributed by atoms with E-state index in [0.717, 1.165) is 34.2 Å². The molecule has 0 bridgehead atoms. The number of carbonyl (C=O) groups is 1. The van der Waals surface area contributed by atoms with Crippen LogP contribution in [-0.2, 0) is 9.47 Å². The van der Waals surface area contributed by atoms with Gasteiger partial charge in [0.25, 0.3) is 0 Å². The lowest BCUT2D eigenvalue weighted by atomic mass is 10.1. The van der Waals surface area contributed by atoms with Crippen molar-refractivity contribution >= 4 is 17.0 Å². The Labute approximate surface area is 182 Å². The number of nitrogens with one attached hydrogen (secondary N) is 1. The van der Waals surface area contributed by atoms with Gasteiger partial charge in [-0.05, 0) is 68.7 Å². The number of hydrogen-bond acceptors (Lipinski definition) is 5. The van der Waals surface area contributed by atoms with Gasteiger partial charge in [-0.3, -0.25) is 4.98 Å². The Hall–Kier alpha value is -3.06. The van der Waals surface area contributed by atoms with Crippen molar-refractivity contribution in [1.29, 1.82) is 0 Å². The van der Waals surface area contributed by atoms with Crippen molar-refractivity contribution in [2.75, 3.05) is 26.3 Å². The van der Waals surface area contributed by atoms with E-state index in [1.165, 1.54) is 0 Å². The molecule has 31 heavy (non-hydrogen) atoms. The number of ether oxygens (including phenoxy) is 3. The average Bonchev–Trinajstić information content (AvgIpc) is 3.16. The number of benzene rings is 1. The van der Waals surface area contributed by atoms with Crippen LogP contribution in [0.2, 0.25) is 0 Å². The molecule has 1 aliphatic rings. The van der Waals surface area contributed by atoms with Crippen LogP contribution >= 0.6 is 0 Å². The number of nitrogens with zero attached hydrogens (tertiary/aromatic N) is 2. The maximum atomic E-state index is 12.5. The Kier molecular flexibility index (Phi) is 6.13. The summed E-state index contributed by atoms with van der Waals surface area (Å²) in [7, 11) is 0. The zero-order chi connectivity index (χ0) is 21.8. The number of amides is 1. The highest BCUT2D eigenvalue weighted by Gasteiger charge is 2.27. The van der Waals surface area contributed by atoms with Gasteiger partial charge in [-0.2, -0.15) is 0 Å². The molecule has 3 heterocycles. The summed E-state index contributed by atoms with van der Waals surface area (Å²) in [5.41, 5.74) is 2.44. The first-order valence-corrected chi connectivity index (χ1v) is 10.6. The molecular weight excluding hydrogens is 394 g/mol. The summed E-state index contributed by atoms with van der Waals surface area (Å²) >= 11 is 0. The largest absolute Gasteiger partial charge is 0.490 e. The van der Waals surface area contributed by atoms with E-state index in [0.29, 0.717) is 26.3 Å². The molecule has 0 spiro atoms. The molecule has 1 aromatic carbocycles. The number of rotatable bonds is 4. The molecule has 164 valence electrons. The van der Waals surface area contributed by atoms with Crippen LogP contribution in [0.25, 0.3) is 22.0 Å². The lowest BCUT2D eigenvalue weighted by Gasteiger charge is -2.28. The molecular formula is C24H29N3O4. The summed E-state index contributed by atoms with van der Waals surface area (Å²) in [5.74, 6) is 0.749. The molecule has 0 aliphatic carbocycles. The minimum Gasteiger partial charge on any atom is -0.490 e. The van der Waals surface area contributed by atoms with E-state index >= 15 is 0 Å². The highest BCUT2D eigenvalue weighted by atomic mass is 16.6. The summed E-state index contributed by atoms with van der Waals surface area (Å²) in [6, 6.07) is 9.99. The Morgan fingerprint density at radius 3 is 2.94 bits per heavy atom. The fraction of sp³-hybridized carbons (Fsp3) is 0.417. The number of pyridine rings is 1.